The van der Waals surface area contributed by atoms with E-state index in [1.807, 2.05) is 30.3 Å². The third-order valence-corrected chi connectivity index (χ3v) is 6.42. The first kappa shape index (κ1) is 18.3. The van der Waals surface area contributed by atoms with E-state index >= 15 is 0 Å². The predicted molar refractivity (Wildman–Crippen MR) is 99.7 cm³/mol. The van der Waals surface area contributed by atoms with Crippen LogP contribution < -0.4 is 4.74 Å². The fraction of sp³-hybridized carbons (Fsp3) is 0.682. The first-order chi connectivity index (χ1) is 12.2. The molecule has 0 saturated heterocycles. The van der Waals surface area contributed by atoms with Gasteiger partial charge in [-0.05, 0) is 74.3 Å². The van der Waals surface area contributed by atoms with Crippen molar-refractivity contribution in [2.24, 2.45) is 23.7 Å². The van der Waals surface area contributed by atoms with E-state index < -0.39 is 5.97 Å². The second-order valence-corrected chi connectivity index (χ2v) is 7.96. The Morgan fingerprint density at radius 2 is 1.64 bits per heavy atom. The van der Waals surface area contributed by atoms with Gasteiger partial charge in [-0.3, -0.25) is 4.79 Å². The monoisotopic (exact) mass is 344 g/mol. The molecule has 25 heavy (non-hydrogen) atoms. The van der Waals surface area contributed by atoms with Gasteiger partial charge in [-0.15, -0.1) is 0 Å². The molecule has 1 aromatic rings. The first-order valence-electron chi connectivity index (χ1n) is 10.1. The second-order valence-electron chi connectivity index (χ2n) is 7.96. The summed E-state index contributed by atoms with van der Waals surface area (Å²) in [6.07, 6.45) is 11.5. The van der Waals surface area contributed by atoms with Gasteiger partial charge in [0.2, 0.25) is 0 Å². The average Bonchev–Trinajstić information content (AvgIpc) is 3.21. The van der Waals surface area contributed by atoms with E-state index in [1.54, 1.807) is 0 Å². The van der Waals surface area contributed by atoms with E-state index in [2.05, 4.69) is 0 Å². The molecule has 0 aromatic heterocycles. The lowest BCUT2D eigenvalue weighted by Gasteiger charge is -2.31. The Kier molecular flexibility index (Phi) is 6.77. The highest BCUT2D eigenvalue weighted by Gasteiger charge is 2.46. The largest absolute Gasteiger partial charge is 0.494 e. The van der Waals surface area contributed by atoms with Crippen LogP contribution in [0.15, 0.2) is 30.3 Å². The van der Waals surface area contributed by atoms with Gasteiger partial charge in [-0.1, -0.05) is 37.5 Å². The number of carbonyl (C=O) groups is 1. The fourth-order valence-electron chi connectivity index (χ4n) is 5.27. The number of hydrogen-bond donors (Lipinski definition) is 1. The van der Waals surface area contributed by atoms with E-state index in [0.717, 1.165) is 48.9 Å². The third kappa shape index (κ3) is 5.23. The molecule has 138 valence electrons. The Bertz CT molecular complexity index is 527. The molecule has 3 rings (SSSR count). The summed E-state index contributed by atoms with van der Waals surface area (Å²) < 4.78 is 5.95. The van der Waals surface area contributed by atoms with Crippen molar-refractivity contribution in [3.63, 3.8) is 0 Å². The van der Waals surface area contributed by atoms with Gasteiger partial charge in [0.1, 0.15) is 5.75 Å². The zero-order chi connectivity index (χ0) is 17.5. The maximum absolute atomic E-state index is 10.6. The lowest BCUT2D eigenvalue weighted by molar-refractivity contribution is -0.137. The molecule has 1 N–H and O–H groups in total. The lowest BCUT2D eigenvalue weighted by atomic mass is 9.75. The highest BCUT2D eigenvalue weighted by atomic mass is 16.5. The molecule has 1 aromatic carbocycles. The van der Waals surface area contributed by atoms with Crippen LogP contribution in [0.25, 0.3) is 0 Å². The minimum absolute atomic E-state index is 0.327. The van der Waals surface area contributed by atoms with E-state index in [0.29, 0.717) is 6.42 Å². The zero-order valence-electron chi connectivity index (χ0n) is 15.2. The molecule has 0 aliphatic heterocycles. The lowest BCUT2D eigenvalue weighted by Crippen LogP contribution is -2.24. The maximum Gasteiger partial charge on any atom is 0.303 e. The minimum Gasteiger partial charge on any atom is -0.494 e. The van der Waals surface area contributed by atoms with E-state index in [-0.39, 0.29) is 0 Å². The minimum atomic E-state index is -0.661. The number of ether oxygens (including phenoxy) is 1. The number of benzene rings is 1. The number of carboxylic acid groups (broad SMARTS) is 1. The van der Waals surface area contributed by atoms with Gasteiger partial charge in [0.25, 0.3) is 0 Å². The number of unbranched alkanes of at least 4 members (excludes halogenated alkanes) is 3. The highest BCUT2D eigenvalue weighted by molar-refractivity contribution is 5.66. The Hall–Kier alpha value is -1.51. The summed E-state index contributed by atoms with van der Waals surface area (Å²) in [6.45, 7) is 0.840. The van der Waals surface area contributed by atoms with Gasteiger partial charge >= 0.3 is 5.97 Å². The summed E-state index contributed by atoms with van der Waals surface area (Å²) >= 11 is 0. The molecule has 0 radical (unpaired) electrons. The number of hydrogen-bond acceptors (Lipinski definition) is 2. The number of rotatable bonds is 11. The van der Waals surface area contributed by atoms with Crippen molar-refractivity contribution in [1.29, 1.82) is 0 Å². The molecule has 0 heterocycles. The van der Waals surface area contributed by atoms with Crippen LogP contribution in [0.4, 0.5) is 0 Å². The van der Waals surface area contributed by atoms with Gasteiger partial charge < -0.3 is 9.84 Å². The van der Waals surface area contributed by atoms with Crippen molar-refractivity contribution in [3.8, 4) is 5.75 Å². The molecule has 2 saturated carbocycles. The second kappa shape index (κ2) is 9.26. The van der Waals surface area contributed by atoms with Crippen LogP contribution >= 0.6 is 0 Å². The molecular weight excluding hydrogens is 312 g/mol. The van der Waals surface area contributed by atoms with Gasteiger partial charge in [-0.25, -0.2) is 0 Å². The van der Waals surface area contributed by atoms with Gasteiger partial charge in [0.15, 0.2) is 0 Å². The first-order valence-corrected chi connectivity index (χ1v) is 10.1. The predicted octanol–water partition coefficient (Wildman–Crippen LogP) is 5.54. The maximum atomic E-state index is 10.6. The smallest absolute Gasteiger partial charge is 0.303 e. The van der Waals surface area contributed by atoms with Crippen molar-refractivity contribution < 1.29 is 14.6 Å². The summed E-state index contributed by atoms with van der Waals surface area (Å²) in [5, 5.41) is 8.70. The molecule has 2 fully saturated rings. The molecule has 4 atom stereocenters. The summed E-state index contributed by atoms with van der Waals surface area (Å²) in [7, 11) is 0. The molecule has 2 bridgehead atoms. The summed E-state index contributed by atoms with van der Waals surface area (Å²) in [5.41, 5.74) is 0. The highest BCUT2D eigenvalue weighted by Crippen LogP contribution is 2.55. The van der Waals surface area contributed by atoms with Crippen LogP contribution in [0.1, 0.15) is 64.2 Å². The molecule has 0 amide bonds. The van der Waals surface area contributed by atoms with Crippen molar-refractivity contribution in [3.05, 3.63) is 30.3 Å². The van der Waals surface area contributed by atoms with Crippen molar-refractivity contribution in [1.82, 2.24) is 0 Å². The van der Waals surface area contributed by atoms with E-state index in [4.69, 9.17) is 9.84 Å². The van der Waals surface area contributed by atoms with Crippen LogP contribution in [0, 0.1) is 23.7 Å². The average molecular weight is 344 g/mol. The molecule has 2 aliphatic rings. The topological polar surface area (TPSA) is 46.5 Å². The van der Waals surface area contributed by atoms with Crippen LogP contribution in [0.5, 0.6) is 5.75 Å². The zero-order valence-corrected chi connectivity index (χ0v) is 15.2. The number of para-hydroxylation sites is 1. The molecule has 0 spiro atoms. The fourth-order valence-corrected chi connectivity index (χ4v) is 5.27. The van der Waals surface area contributed by atoms with Crippen molar-refractivity contribution in [2.75, 3.05) is 6.61 Å². The Labute approximate surface area is 151 Å². The Balaban J connectivity index is 1.38. The van der Waals surface area contributed by atoms with Gasteiger partial charge in [-0.2, -0.15) is 0 Å². The molecule has 2 aliphatic carbocycles. The van der Waals surface area contributed by atoms with Gasteiger partial charge in [0.05, 0.1) is 6.61 Å². The van der Waals surface area contributed by atoms with E-state index in [9.17, 15) is 4.79 Å². The molecular formula is C22H32O3. The summed E-state index contributed by atoms with van der Waals surface area (Å²) in [4.78, 5) is 10.6. The Morgan fingerprint density at radius 1 is 0.960 bits per heavy atom. The van der Waals surface area contributed by atoms with Crippen LogP contribution in [0.3, 0.4) is 0 Å². The summed E-state index contributed by atoms with van der Waals surface area (Å²) in [5.74, 6) is 3.94. The van der Waals surface area contributed by atoms with Crippen molar-refractivity contribution in [2.45, 2.75) is 64.2 Å². The Morgan fingerprint density at radius 3 is 2.36 bits per heavy atom. The molecule has 3 nitrogen and oxygen atoms in total. The molecule has 3 heteroatoms. The van der Waals surface area contributed by atoms with Gasteiger partial charge in [0, 0.05) is 6.42 Å². The number of fused-ring (bicyclic) bond motifs is 2. The standard InChI is InChI=1S/C22H32O3/c23-22(24)11-7-2-1-6-10-20-17-12-13-18(16-17)21(20)14-15-25-19-8-4-3-5-9-19/h3-5,8-9,17-18,20-21H,1-2,6-7,10-16H2,(H,23,24)/t17-,18+,20-,21+/m1/s1. The summed E-state index contributed by atoms with van der Waals surface area (Å²) in [6, 6.07) is 10.2. The van der Waals surface area contributed by atoms with Crippen LogP contribution in [0.2, 0.25) is 0 Å². The molecule has 0 unspecified atom stereocenters. The van der Waals surface area contributed by atoms with Crippen LogP contribution in [-0.4, -0.2) is 17.7 Å². The quantitative estimate of drug-likeness (QED) is 0.536. The number of carboxylic acids is 1. The number of aliphatic carboxylic acids is 1. The van der Waals surface area contributed by atoms with E-state index in [1.165, 1.54) is 44.9 Å². The van der Waals surface area contributed by atoms with Crippen LogP contribution in [-0.2, 0) is 4.79 Å². The SMILES string of the molecule is O=C(O)CCCCCC[C@@H]1[C@@H]2CC[C@@H](C2)[C@@H]1CCOc1ccccc1. The third-order valence-electron chi connectivity index (χ3n) is 6.42. The normalized spacial score (nSPS) is 27.5. The van der Waals surface area contributed by atoms with Crippen molar-refractivity contribution >= 4 is 5.97 Å².